The second-order valence-electron chi connectivity index (χ2n) is 8.15. The quantitative estimate of drug-likeness (QED) is 0.223. The Hall–Kier alpha value is -0.645. The van der Waals surface area contributed by atoms with Crippen molar-refractivity contribution in [3.8, 4) is 0 Å². The first-order valence-electron chi connectivity index (χ1n) is 11.6. The van der Waals surface area contributed by atoms with Crippen molar-refractivity contribution in [2.45, 2.75) is 110 Å². The Kier molecular flexibility index (Phi) is 22.3. The zero-order valence-electron chi connectivity index (χ0n) is 20.2. The van der Waals surface area contributed by atoms with Gasteiger partial charge in [0.15, 0.2) is 0 Å². The number of hydrogen-bond acceptors (Lipinski definition) is 4. The van der Waals surface area contributed by atoms with E-state index in [4.69, 9.17) is 0 Å². The summed E-state index contributed by atoms with van der Waals surface area (Å²) in [6, 6.07) is 3.97. The average molecular weight is 416 g/mol. The zero-order chi connectivity index (χ0) is 21.3. The Balaban J connectivity index is 0. The van der Waals surface area contributed by atoms with Crippen molar-refractivity contribution in [1.29, 1.82) is 0 Å². The normalized spacial score (nSPS) is 10.2. The molecule has 0 radical (unpaired) electrons. The van der Waals surface area contributed by atoms with E-state index < -0.39 is 11.9 Å². The van der Waals surface area contributed by atoms with Gasteiger partial charge in [-0.1, -0.05) is 109 Å². The molecule has 0 bridgehead atoms. The summed E-state index contributed by atoms with van der Waals surface area (Å²) in [4.78, 5) is 22.2. The summed E-state index contributed by atoms with van der Waals surface area (Å²) < 4.78 is 0. The van der Waals surface area contributed by atoms with Crippen molar-refractivity contribution < 1.29 is 57.5 Å². The van der Waals surface area contributed by atoms with Gasteiger partial charge in [0.25, 0.3) is 0 Å². The first-order chi connectivity index (χ1) is 14.1. The Morgan fingerprint density at radius 3 is 1.45 bits per heavy atom. The number of aryl methyl sites for hydroxylation is 1. The van der Waals surface area contributed by atoms with Crippen LogP contribution in [0.3, 0.4) is 0 Å². The van der Waals surface area contributed by atoms with Crippen molar-refractivity contribution in [1.82, 2.24) is 0 Å². The van der Waals surface area contributed by atoms with Crippen molar-refractivity contribution >= 4 is 11.9 Å². The maximum Gasteiger partial charge on any atom is 1.00 e. The second-order valence-corrected chi connectivity index (χ2v) is 8.15. The molecule has 1 aromatic carbocycles. The van der Waals surface area contributed by atoms with Crippen LogP contribution in [-0.2, 0) is 6.42 Å². The van der Waals surface area contributed by atoms with Gasteiger partial charge in [-0.2, -0.15) is 0 Å². The third-order valence-corrected chi connectivity index (χ3v) is 5.61. The number of carbonyl (C=O) groups excluding carboxylic acids is 2. The van der Waals surface area contributed by atoms with E-state index in [0.717, 1.165) is 19.3 Å². The molecule has 0 aliphatic heterocycles. The van der Waals surface area contributed by atoms with Crippen LogP contribution >= 0.6 is 0 Å². The summed E-state index contributed by atoms with van der Waals surface area (Å²) in [7, 11) is 0. The van der Waals surface area contributed by atoms with E-state index in [-0.39, 0.29) is 48.8 Å². The third kappa shape index (κ3) is 15.7. The van der Waals surface area contributed by atoms with E-state index in [9.17, 15) is 19.8 Å². The molecule has 0 aliphatic carbocycles. The smallest absolute Gasteiger partial charge is 0.545 e. The summed E-state index contributed by atoms with van der Waals surface area (Å²) in [5, 5.41) is 22.2. The van der Waals surface area contributed by atoms with E-state index in [1.807, 2.05) is 0 Å². The molecule has 6 heteroatoms. The molecule has 0 aliphatic rings. The van der Waals surface area contributed by atoms with Crippen LogP contribution in [0.25, 0.3) is 0 Å². The minimum absolute atomic E-state index is 0. The van der Waals surface area contributed by atoms with Gasteiger partial charge in [-0.15, -0.1) is 0 Å². The molecule has 0 N–H and O–H groups in total. The molecule has 1 aromatic rings. The molecule has 0 atom stereocenters. The van der Waals surface area contributed by atoms with Gasteiger partial charge in [0.1, 0.15) is 0 Å². The summed E-state index contributed by atoms with van der Waals surface area (Å²) in [5.74, 6) is -2.54. The summed E-state index contributed by atoms with van der Waals surface area (Å²) in [6.45, 7) is 2.25. The Morgan fingerprint density at radius 1 is 0.645 bits per heavy atom. The molecule has 31 heavy (non-hydrogen) atoms. The summed E-state index contributed by atoms with van der Waals surface area (Å²) >= 11 is 0. The van der Waals surface area contributed by atoms with Gasteiger partial charge in [-0.25, -0.2) is 0 Å². The van der Waals surface area contributed by atoms with E-state index in [1.165, 1.54) is 95.2 Å². The molecule has 0 amide bonds. The molecular weight excluding hydrogens is 378 g/mol. The minimum Gasteiger partial charge on any atom is -0.545 e. The van der Waals surface area contributed by atoms with Crippen LogP contribution in [0, 0.1) is 0 Å². The standard InChI is InChI=1S/C25H40O4.2Li/c1-2-3-4-5-6-7-8-9-10-11-12-13-14-15-16-17-21-20-22(24(26)27)18-19-23(21)25(28)29;;/h18-20H,2-17H2,1H3,(H,26,27)(H,28,29);;/q;2*+1/p-2. The number of hydrogen-bond donors (Lipinski definition) is 0. The van der Waals surface area contributed by atoms with E-state index in [0.29, 0.717) is 12.0 Å². The van der Waals surface area contributed by atoms with Gasteiger partial charge in [-0.3, -0.25) is 0 Å². The second kappa shape index (κ2) is 21.2. The monoisotopic (exact) mass is 416 g/mol. The van der Waals surface area contributed by atoms with Crippen LogP contribution in [0.5, 0.6) is 0 Å². The topological polar surface area (TPSA) is 80.3 Å². The molecule has 164 valence electrons. The number of carboxylic acids is 2. The summed E-state index contributed by atoms with van der Waals surface area (Å²) in [6.07, 6.45) is 19.7. The molecule has 0 saturated carbocycles. The van der Waals surface area contributed by atoms with Gasteiger partial charge >= 0.3 is 37.7 Å². The van der Waals surface area contributed by atoms with Gasteiger partial charge in [0.05, 0.1) is 11.9 Å². The molecule has 0 heterocycles. The number of rotatable bonds is 18. The largest absolute Gasteiger partial charge is 1.00 e. The van der Waals surface area contributed by atoms with Crippen molar-refractivity contribution in [3.05, 3.63) is 34.9 Å². The summed E-state index contributed by atoms with van der Waals surface area (Å²) in [5.41, 5.74) is 0.632. The molecular formula is C25H38Li2O4. The number of benzene rings is 1. The SMILES string of the molecule is CCCCCCCCCCCCCCCCCc1cc(C(=O)[O-])ccc1C(=O)[O-].[Li+].[Li+]. The van der Waals surface area contributed by atoms with Gasteiger partial charge < -0.3 is 19.8 Å². The van der Waals surface area contributed by atoms with Crippen molar-refractivity contribution in [3.63, 3.8) is 0 Å². The molecule has 1 rings (SSSR count). The first-order valence-corrected chi connectivity index (χ1v) is 11.6. The predicted octanol–water partition coefficient (Wildman–Crippen LogP) is -1.16. The van der Waals surface area contributed by atoms with Crippen LogP contribution < -0.4 is 47.9 Å². The average Bonchev–Trinajstić information content (AvgIpc) is 2.70. The maximum atomic E-state index is 11.2. The fourth-order valence-electron chi connectivity index (χ4n) is 3.81. The number of carbonyl (C=O) groups is 2. The van der Waals surface area contributed by atoms with E-state index >= 15 is 0 Å². The van der Waals surface area contributed by atoms with Gasteiger partial charge in [0, 0.05) is 5.56 Å². The third-order valence-electron chi connectivity index (χ3n) is 5.61. The van der Waals surface area contributed by atoms with Crippen molar-refractivity contribution in [2.75, 3.05) is 0 Å². The number of aromatic carboxylic acids is 2. The Bertz CT molecular complexity index is 605. The van der Waals surface area contributed by atoms with Crippen LogP contribution in [0.1, 0.15) is 130 Å². The molecule has 0 fully saturated rings. The number of unbranched alkanes of at least 4 members (excludes halogenated alkanes) is 14. The maximum absolute atomic E-state index is 11.2. The molecule has 0 unspecified atom stereocenters. The van der Waals surface area contributed by atoms with Gasteiger partial charge in [0.2, 0.25) is 0 Å². The fraction of sp³-hybridized carbons (Fsp3) is 0.680. The van der Waals surface area contributed by atoms with Gasteiger partial charge in [-0.05, 0) is 30.0 Å². The Morgan fingerprint density at radius 2 is 1.06 bits per heavy atom. The van der Waals surface area contributed by atoms with Crippen LogP contribution in [-0.4, -0.2) is 11.9 Å². The fourth-order valence-corrected chi connectivity index (χ4v) is 3.81. The molecule has 4 nitrogen and oxygen atoms in total. The molecule has 0 spiro atoms. The minimum atomic E-state index is -1.28. The van der Waals surface area contributed by atoms with E-state index in [1.54, 1.807) is 0 Å². The first kappa shape index (κ1) is 32.5. The van der Waals surface area contributed by atoms with Crippen LogP contribution in [0.4, 0.5) is 0 Å². The van der Waals surface area contributed by atoms with Crippen LogP contribution in [0.15, 0.2) is 18.2 Å². The molecule has 0 aromatic heterocycles. The predicted molar refractivity (Wildman–Crippen MR) is 114 cm³/mol. The number of carboxylic acid groups (broad SMARTS) is 2. The Labute approximate surface area is 213 Å². The zero-order valence-corrected chi connectivity index (χ0v) is 20.2. The van der Waals surface area contributed by atoms with Crippen LogP contribution in [0.2, 0.25) is 0 Å². The molecule has 0 saturated heterocycles. The van der Waals surface area contributed by atoms with Crippen molar-refractivity contribution in [2.24, 2.45) is 0 Å². The van der Waals surface area contributed by atoms with E-state index in [2.05, 4.69) is 6.92 Å².